The van der Waals surface area contributed by atoms with Gasteiger partial charge in [0.25, 0.3) is 0 Å². The molecule has 3 nitrogen and oxygen atoms in total. The maximum absolute atomic E-state index is 5.98. The molecule has 0 aliphatic rings. The molecular formula is C15H19Cl2N3. The average Bonchev–Trinajstić information content (AvgIpc) is 2.72. The normalized spacial score (nSPS) is 11.0. The van der Waals surface area contributed by atoms with Crippen LogP contribution in [0.4, 0.5) is 0 Å². The molecule has 1 aromatic heterocycles. The number of nitrogens with one attached hydrogen (secondary N) is 1. The number of hydrogen-bond acceptors (Lipinski definition) is 2. The quantitative estimate of drug-likeness (QED) is 0.818. The Balaban J connectivity index is 1.71. The van der Waals surface area contributed by atoms with Gasteiger partial charge in [-0.15, -0.1) is 0 Å². The average molecular weight is 312 g/mol. The summed E-state index contributed by atoms with van der Waals surface area (Å²) >= 11 is 11.9. The van der Waals surface area contributed by atoms with Crippen LogP contribution >= 0.6 is 23.2 Å². The van der Waals surface area contributed by atoms with Gasteiger partial charge >= 0.3 is 0 Å². The largest absolute Gasteiger partial charge is 0.313 e. The Kier molecular flexibility index (Phi) is 5.46. The van der Waals surface area contributed by atoms with Crippen LogP contribution in [0.25, 0.3) is 0 Å². The highest BCUT2D eigenvalue weighted by atomic mass is 35.5. The third-order valence-corrected chi connectivity index (χ3v) is 3.88. The zero-order valence-corrected chi connectivity index (χ0v) is 13.3. The molecule has 0 atom stereocenters. The lowest BCUT2D eigenvalue weighted by molar-refractivity contribution is 0.532. The van der Waals surface area contributed by atoms with Crippen molar-refractivity contribution in [2.75, 3.05) is 6.54 Å². The van der Waals surface area contributed by atoms with Crippen LogP contribution in [0, 0.1) is 13.8 Å². The molecular weight excluding hydrogens is 293 g/mol. The Morgan fingerprint density at radius 2 is 1.95 bits per heavy atom. The van der Waals surface area contributed by atoms with E-state index in [1.807, 2.05) is 25.1 Å². The lowest BCUT2D eigenvalue weighted by atomic mass is 10.2. The number of hydrogen-bond donors (Lipinski definition) is 1. The van der Waals surface area contributed by atoms with E-state index in [0.717, 1.165) is 37.3 Å². The van der Waals surface area contributed by atoms with Crippen LogP contribution in [-0.2, 0) is 13.1 Å². The fourth-order valence-corrected chi connectivity index (χ4v) is 2.46. The van der Waals surface area contributed by atoms with Crippen LogP contribution in [0.3, 0.4) is 0 Å². The minimum Gasteiger partial charge on any atom is -0.313 e. The van der Waals surface area contributed by atoms with E-state index in [2.05, 4.69) is 28.1 Å². The maximum atomic E-state index is 5.98. The topological polar surface area (TPSA) is 29.9 Å². The number of aryl methyl sites for hydroxylation is 3. The summed E-state index contributed by atoms with van der Waals surface area (Å²) in [5, 5.41) is 9.05. The number of benzene rings is 1. The summed E-state index contributed by atoms with van der Waals surface area (Å²) in [5.41, 5.74) is 3.43. The number of halogens is 2. The summed E-state index contributed by atoms with van der Waals surface area (Å²) in [5.74, 6) is 0. The minimum absolute atomic E-state index is 0.597. The van der Waals surface area contributed by atoms with Crippen molar-refractivity contribution in [1.29, 1.82) is 0 Å². The van der Waals surface area contributed by atoms with Crippen LogP contribution in [0.1, 0.15) is 23.4 Å². The molecule has 20 heavy (non-hydrogen) atoms. The zero-order chi connectivity index (χ0) is 14.5. The highest BCUT2D eigenvalue weighted by molar-refractivity contribution is 6.42. The van der Waals surface area contributed by atoms with Crippen molar-refractivity contribution >= 4 is 23.2 Å². The minimum atomic E-state index is 0.597. The Hall–Kier alpha value is -1.03. The van der Waals surface area contributed by atoms with E-state index in [4.69, 9.17) is 23.2 Å². The Labute approximate surface area is 129 Å². The van der Waals surface area contributed by atoms with Crippen molar-refractivity contribution in [1.82, 2.24) is 15.1 Å². The molecule has 1 heterocycles. The van der Waals surface area contributed by atoms with E-state index >= 15 is 0 Å². The Morgan fingerprint density at radius 3 is 2.60 bits per heavy atom. The second-order valence-electron chi connectivity index (χ2n) is 4.93. The molecule has 0 radical (unpaired) electrons. The smallest absolute Gasteiger partial charge is 0.0596 e. The van der Waals surface area contributed by atoms with Crippen molar-refractivity contribution in [3.05, 3.63) is 51.3 Å². The molecule has 1 N–H and O–H groups in total. The fourth-order valence-electron chi connectivity index (χ4n) is 2.14. The monoisotopic (exact) mass is 311 g/mol. The van der Waals surface area contributed by atoms with Gasteiger partial charge in [-0.3, -0.25) is 4.68 Å². The molecule has 1 aromatic carbocycles. The van der Waals surface area contributed by atoms with Crippen LogP contribution in [-0.4, -0.2) is 16.3 Å². The maximum Gasteiger partial charge on any atom is 0.0596 e. The SMILES string of the molecule is Cc1cc(C)n(CCCNCc2ccc(Cl)c(Cl)c2)n1. The van der Waals surface area contributed by atoms with E-state index in [1.54, 1.807) is 0 Å². The fraction of sp³-hybridized carbons (Fsp3) is 0.400. The van der Waals surface area contributed by atoms with Crippen LogP contribution in [0.2, 0.25) is 10.0 Å². The van der Waals surface area contributed by atoms with Gasteiger partial charge in [0.05, 0.1) is 15.7 Å². The summed E-state index contributed by atoms with van der Waals surface area (Å²) < 4.78 is 2.05. The van der Waals surface area contributed by atoms with Gasteiger partial charge < -0.3 is 5.32 Å². The molecule has 0 unspecified atom stereocenters. The van der Waals surface area contributed by atoms with Crippen molar-refractivity contribution in [3.63, 3.8) is 0 Å². The molecule has 0 saturated heterocycles. The van der Waals surface area contributed by atoms with E-state index < -0.39 is 0 Å². The predicted octanol–water partition coefficient (Wildman–Crippen LogP) is 3.99. The first kappa shape index (κ1) is 15.4. The van der Waals surface area contributed by atoms with Crippen LogP contribution in [0.5, 0.6) is 0 Å². The van der Waals surface area contributed by atoms with Gasteiger partial charge in [-0.2, -0.15) is 5.10 Å². The third-order valence-electron chi connectivity index (χ3n) is 3.14. The Morgan fingerprint density at radius 1 is 1.15 bits per heavy atom. The summed E-state index contributed by atoms with van der Waals surface area (Å²) in [7, 11) is 0. The highest BCUT2D eigenvalue weighted by Gasteiger charge is 2.01. The number of rotatable bonds is 6. The van der Waals surface area contributed by atoms with E-state index in [0.29, 0.717) is 10.0 Å². The van der Waals surface area contributed by atoms with E-state index in [9.17, 15) is 0 Å². The van der Waals surface area contributed by atoms with Gasteiger partial charge in [0.2, 0.25) is 0 Å². The molecule has 2 rings (SSSR count). The third kappa shape index (κ3) is 4.23. The molecule has 0 bridgehead atoms. The van der Waals surface area contributed by atoms with Gasteiger partial charge in [-0.1, -0.05) is 29.3 Å². The second kappa shape index (κ2) is 7.11. The van der Waals surface area contributed by atoms with Crippen molar-refractivity contribution in [2.45, 2.75) is 33.4 Å². The molecule has 0 aliphatic heterocycles. The van der Waals surface area contributed by atoms with Crippen molar-refractivity contribution in [2.24, 2.45) is 0 Å². The van der Waals surface area contributed by atoms with Gasteiger partial charge in [-0.25, -0.2) is 0 Å². The predicted molar refractivity (Wildman–Crippen MR) is 84.5 cm³/mol. The highest BCUT2D eigenvalue weighted by Crippen LogP contribution is 2.22. The molecule has 0 saturated carbocycles. The van der Waals surface area contributed by atoms with Crippen LogP contribution < -0.4 is 5.32 Å². The standard InChI is InChI=1S/C15H19Cl2N3/c1-11-8-12(2)20(19-11)7-3-6-18-10-13-4-5-14(16)15(17)9-13/h4-5,8-9,18H,3,6-7,10H2,1-2H3. The summed E-state index contributed by atoms with van der Waals surface area (Å²) in [4.78, 5) is 0. The molecule has 0 spiro atoms. The number of aromatic nitrogens is 2. The summed E-state index contributed by atoms with van der Waals surface area (Å²) in [6.07, 6.45) is 1.04. The molecule has 108 valence electrons. The van der Waals surface area contributed by atoms with E-state index in [-0.39, 0.29) is 0 Å². The molecule has 5 heteroatoms. The molecule has 0 aliphatic carbocycles. The first-order chi connectivity index (χ1) is 9.56. The van der Waals surface area contributed by atoms with Gasteiger partial charge in [0, 0.05) is 18.8 Å². The van der Waals surface area contributed by atoms with Gasteiger partial charge in [-0.05, 0) is 50.6 Å². The lowest BCUT2D eigenvalue weighted by Crippen LogP contribution is -2.17. The lowest BCUT2D eigenvalue weighted by Gasteiger charge is -2.07. The molecule has 0 amide bonds. The first-order valence-electron chi connectivity index (χ1n) is 6.72. The first-order valence-corrected chi connectivity index (χ1v) is 7.47. The summed E-state index contributed by atoms with van der Waals surface area (Å²) in [6, 6.07) is 7.82. The molecule has 0 fully saturated rings. The van der Waals surface area contributed by atoms with Crippen LogP contribution in [0.15, 0.2) is 24.3 Å². The van der Waals surface area contributed by atoms with E-state index in [1.165, 1.54) is 5.69 Å². The van der Waals surface area contributed by atoms with Crippen molar-refractivity contribution in [3.8, 4) is 0 Å². The number of nitrogens with zero attached hydrogens (tertiary/aromatic N) is 2. The summed E-state index contributed by atoms with van der Waals surface area (Å²) in [6.45, 7) is 6.79. The Bertz CT molecular complexity index is 578. The second-order valence-corrected chi connectivity index (χ2v) is 5.74. The molecule has 2 aromatic rings. The van der Waals surface area contributed by atoms with Crippen molar-refractivity contribution < 1.29 is 0 Å². The van der Waals surface area contributed by atoms with Gasteiger partial charge in [0.1, 0.15) is 0 Å². The van der Waals surface area contributed by atoms with Gasteiger partial charge in [0.15, 0.2) is 0 Å². The zero-order valence-electron chi connectivity index (χ0n) is 11.8.